The third-order valence-electron chi connectivity index (χ3n) is 6.94. The number of hydrogen-bond acceptors (Lipinski definition) is 5. The van der Waals surface area contributed by atoms with Gasteiger partial charge in [0.25, 0.3) is 0 Å². The summed E-state index contributed by atoms with van der Waals surface area (Å²) in [6.07, 6.45) is 3.61. The van der Waals surface area contributed by atoms with E-state index in [1.807, 2.05) is 36.5 Å². The minimum atomic E-state index is 0.237. The number of piperazine rings is 1. The Labute approximate surface area is 218 Å². The van der Waals surface area contributed by atoms with Crippen LogP contribution in [0, 0.1) is 0 Å². The van der Waals surface area contributed by atoms with Gasteiger partial charge in [0.1, 0.15) is 5.82 Å². The second-order valence-electron chi connectivity index (χ2n) is 9.29. The van der Waals surface area contributed by atoms with Crippen LogP contribution in [-0.4, -0.2) is 46.0 Å². The van der Waals surface area contributed by atoms with Gasteiger partial charge in [-0.25, -0.2) is 9.97 Å². The zero-order valence-electron chi connectivity index (χ0n) is 20.7. The summed E-state index contributed by atoms with van der Waals surface area (Å²) in [4.78, 5) is 19.2. The number of rotatable bonds is 6. The molecule has 0 saturated carbocycles. The quantitative estimate of drug-likeness (QED) is 0.291. The first kappa shape index (κ1) is 23.1. The summed E-state index contributed by atoms with van der Waals surface area (Å²) in [7, 11) is 0. The molecule has 37 heavy (non-hydrogen) atoms. The first-order valence-corrected chi connectivity index (χ1v) is 12.8. The SMILES string of the molecule is c1ccc(-c2cc(N3CCN(C(c4ccccc4)c4ccccc4)CC3)nc(-c3cccnc3)n2)cc1. The molecule has 0 radical (unpaired) electrons. The van der Waals surface area contributed by atoms with Gasteiger partial charge in [0, 0.05) is 55.8 Å². The van der Waals surface area contributed by atoms with E-state index in [-0.39, 0.29) is 6.04 Å². The number of aromatic nitrogens is 3. The van der Waals surface area contributed by atoms with Gasteiger partial charge in [0.05, 0.1) is 11.7 Å². The van der Waals surface area contributed by atoms with E-state index in [4.69, 9.17) is 9.97 Å². The third-order valence-corrected chi connectivity index (χ3v) is 6.94. The number of nitrogens with zero attached hydrogens (tertiary/aromatic N) is 5. The fourth-order valence-corrected chi connectivity index (χ4v) is 5.07. The molecule has 2 aromatic heterocycles. The summed E-state index contributed by atoms with van der Waals surface area (Å²) in [6, 6.07) is 38.3. The van der Waals surface area contributed by atoms with Crippen molar-refractivity contribution in [3.05, 3.63) is 133 Å². The van der Waals surface area contributed by atoms with E-state index in [2.05, 4.69) is 93.6 Å². The van der Waals surface area contributed by atoms with E-state index in [0.29, 0.717) is 5.82 Å². The Hall–Kier alpha value is -4.35. The molecule has 3 heterocycles. The highest BCUT2D eigenvalue weighted by atomic mass is 15.3. The topological polar surface area (TPSA) is 45.2 Å². The van der Waals surface area contributed by atoms with Gasteiger partial charge in [0.15, 0.2) is 5.82 Å². The lowest BCUT2D eigenvalue weighted by Gasteiger charge is -2.40. The number of pyridine rings is 1. The van der Waals surface area contributed by atoms with Crippen LogP contribution in [0.2, 0.25) is 0 Å². The molecule has 5 heteroatoms. The highest BCUT2D eigenvalue weighted by Crippen LogP contribution is 2.31. The molecule has 0 N–H and O–H groups in total. The molecular weight excluding hydrogens is 454 g/mol. The standard InChI is InChI=1S/C32H29N5/c1-4-11-25(12-5-1)29-23-30(35-32(34-29)28-17-10-18-33-24-28)36-19-21-37(22-20-36)31(26-13-6-2-7-14-26)27-15-8-3-9-16-27/h1-18,23-24,31H,19-22H2. The summed E-state index contributed by atoms with van der Waals surface area (Å²) in [5, 5.41) is 0. The van der Waals surface area contributed by atoms with Crippen LogP contribution in [0.25, 0.3) is 22.6 Å². The Bertz CT molecular complexity index is 1320. The molecule has 1 fully saturated rings. The number of benzene rings is 3. The van der Waals surface area contributed by atoms with Crippen molar-refractivity contribution in [1.82, 2.24) is 19.9 Å². The summed E-state index contributed by atoms with van der Waals surface area (Å²) in [5.41, 5.74) is 5.60. The van der Waals surface area contributed by atoms with Gasteiger partial charge in [-0.1, -0.05) is 91.0 Å². The van der Waals surface area contributed by atoms with E-state index < -0.39 is 0 Å². The van der Waals surface area contributed by atoms with Crippen LogP contribution in [0.4, 0.5) is 5.82 Å². The maximum absolute atomic E-state index is 5.00. The van der Waals surface area contributed by atoms with Crippen molar-refractivity contribution in [1.29, 1.82) is 0 Å². The third kappa shape index (κ3) is 5.13. The van der Waals surface area contributed by atoms with Crippen LogP contribution in [0.1, 0.15) is 17.2 Å². The first-order chi connectivity index (χ1) is 18.3. The molecule has 0 atom stereocenters. The van der Waals surface area contributed by atoms with Crippen molar-refractivity contribution in [3.63, 3.8) is 0 Å². The van der Waals surface area contributed by atoms with E-state index >= 15 is 0 Å². The Morgan fingerprint density at radius 2 is 1.19 bits per heavy atom. The summed E-state index contributed by atoms with van der Waals surface area (Å²) in [6.45, 7) is 3.69. The Morgan fingerprint density at radius 3 is 1.78 bits per heavy atom. The molecular formula is C32H29N5. The highest BCUT2D eigenvalue weighted by Gasteiger charge is 2.27. The number of anilines is 1. The van der Waals surface area contributed by atoms with Crippen LogP contribution in [-0.2, 0) is 0 Å². The zero-order chi connectivity index (χ0) is 24.9. The lowest BCUT2D eigenvalue weighted by Crippen LogP contribution is -2.48. The minimum absolute atomic E-state index is 0.237. The van der Waals surface area contributed by atoms with E-state index in [9.17, 15) is 0 Å². The molecule has 1 saturated heterocycles. The smallest absolute Gasteiger partial charge is 0.163 e. The van der Waals surface area contributed by atoms with E-state index in [0.717, 1.165) is 48.8 Å². The number of hydrogen-bond donors (Lipinski definition) is 0. The molecule has 0 aliphatic carbocycles. The van der Waals surface area contributed by atoms with Crippen molar-refractivity contribution in [2.75, 3.05) is 31.1 Å². The predicted molar refractivity (Wildman–Crippen MR) is 149 cm³/mol. The molecule has 5 nitrogen and oxygen atoms in total. The first-order valence-electron chi connectivity index (χ1n) is 12.8. The lowest BCUT2D eigenvalue weighted by molar-refractivity contribution is 0.212. The second-order valence-corrected chi connectivity index (χ2v) is 9.29. The Balaban J connectivity index is 1.29. The summed E-state index contributed by atoms with van der Waals surface area (Å²) >= 11 is 0. The van der Waals surface area contributed by atoms with Crippen LogP contribution >= 0.6 is 0 Å². The molecule has 1 aliphatic rings. The average molecular weight is 484 g/mol. The van der Waals surface area contributed by atoms with Gasteiger partial charge in [-0.3, -0.25) is 9.88 Å². The molecule has 182 valence electrons. The monoisotopic (exact) mass is 483 g/mol. The molecule has 0 amide bonds. The molecule has 1 aliphatic heterocycles. The van der Waals surface area contributed by atoms with E-state index in [1.54, 1.807) is 6.20 Å². The molecule has 3 aromatic carbocycles. The molecule has 0 spiro atoms. The molecule has 0 unspecified atom stereocenters. The van der Waals surface area contributed by atoms with Gasteiger partial charge in [0.2, 0.25) is 0 Å². The van der Waals surface area contributed by atoms with Crippen LogP contribution in [0.15, 0.2) is 122 Å². The lowest BCUT2D eigenvalue weighted by atomic mass is 9.96. The fourth-order valence-electron chi connectivity index (χ4n) is 5.07. The minimum Gasteiger partial charge on any atom is -0.354 e. The van der Waals surface area contributed by atoms with Crippen LogP contribution in [0.3, 0.4) is 0 Å². The van der Waals surface area contributed by atoms with Crippen molar-refractivity contribution >= 4 is 5.82 Å². The molecule has 6 rings (SSSR count). The van der Waals surface area contributed by atoms with Gasteiger partial charge in [-0.15, -0.1) is 0 Å². The summed E-state index contributed by atoms with van der Waals surface area (Å²) in [5.74, 6) is 1.67. The molecule has 0 bridgehead atoms. The summed E-state index contributed by atoms with van der Waals surface area (Å²) < 4.78 is 0. The fraction of sp³-hybridized carbons (Fsp3) is 0.156. The maximum atomic E-state index is 5.00. The Kier molecular flexibility index (Phi) is 6.69. The zero-order valence-corrected chi connectivity index (χ0v) is 20.7. The van der Waals surface area contributed by atoms with Gasteiger partial charge < -0.3 is 4.90 Å². The van der Waals surface area contributed by atoms with Crippen LogP contribution < -0.4 is 4.90 Å². The largest absolute Gasteiger partial charge is 0.354 e. The van der Waals surface area contributed by atoms with Crippen molar-refractivity contribution < 1.29 is 0 Å². The van der Waals surface area contributed by atoms with E-state index in [1.165, 1.54) is 11.1 Å². The highest BCUT2D eigenvalue weighted by molar-refractivity contribution is 5.67. The average Bonchev–Trinajstić information content (AvgIpc) is 2.99. The van der Waals surface area contributed by atoms with Crippen molar-refractivity contribution in [2.24, 2.45) is 0 Å². The van der Waals surface area contributed by atoms with Gasteiger partial charge in [-0.05, 0) is 23.3 Å². The van der Waals surface area contributed by atoms with Gasteiger partial charge in [-0.2, -0.15) is 0 Å². The normalized spacial score (nSPS) is 14.1. The van der Waals surface area contributed by atoms with Crippen molar-refractivity contribution in [2.45, 2.75) is 6.04 Å². The predicted octanol–water partition coefficient (Wildman–Crippen LogP) is 6.12. The second kappa shape index (κ2) is 10.7. The van der Waals surface area contributed by atoms with Crippen molar-refractivity contribution in [3.8, 4) is 22.6 Å². The van der Waals surface area contributed by atoms with Gasteiger partial charge >= 0.3 is 0 Å². The van der Waals surface area contributed by atoms with Crippen LogP contribution in [0.5, 0.6) is 0 Å². The Morgan fingerprint density at radius 1 is 0.595 bits per heavy atom. The maximum Gasteiger partial charge on any atom is 0.163 e. The molecule has 5 aromatic rings.